The monoisotopic (exact) mass is 297 g/mol. The molecule has 0 saturated heterocycles. The number of nitrogens with zero attached hydrogens (tertiary/aromatic N) is 2. The summed E-state index contributed by atoms with van der Waals surface area (Å²) in [4.78, 5) is 29.5. The van der Waals surface area contributed by atoms with Gasteiger partial charge in [-0.15, -0.1) is 0 Å². The Kier molecular flexibility index (Phi) is 5.51. The lowest BCUT2D eigenvalue weighted by Crippen LogP contribution is -2.47. The maximum Gasteiger partial charge on any atom is 0.254 e. The van der Waals surface area contributed by atoms with Crippen LogP contribution in [0.1, 0.15) is 38.1 Å². The van der Waals surface area contributed by atoms with Crippen LogP contribution in [0, 0.1) is 0 Å². The summed E-state index contributed by atoms with van der Waals surface area (Å²) in [6, 6.07) is 3.08. The molecule has 5 nitrogen and oxygen atoms in total. The third-order valence-electron chi connectivity index (χ3n) is 2.49. The van der Waals surface area contributed by atoms with Crippen LogP contribution in [0.5, 0.6) is 0 Å². The molecule has 0 spiro atoms. The molecule has 2 amide bonds. The normalized spacial score (nSPS) is 11.1. The number of rotatable bonds is 4. The Morgan fingerprint density at radius 3 is 2.55 bits per heavy atom. The summed E-state index contributed by atoms with van der Waals surface area (Å²) >= 11 is 5.77. The molecule has 1 heterocycles. The van der Waals surface area contributed by atoms with E-state index < -0.39 is 0 Å². The fourth-order valence-corrected chi connectivity index (χ4v) is 1.85. The molecule has 1 aromatic rings. The van der Waals surface area contributed by atoms with Crippen molar-refractivity contribution in [1.29, 1.82) is 0 Å². The number of amides is 2. The predicted octanol–water partition coefficient (Wildman–Crippen LogP) is 2.11. The Balaban J connectivity index is 2.76. The van der Waals surface area contributed by atoms with Crippen LogP contribution in [0.25, 0.3) is 0 Å². The van der Waals surface area contributed by atoms with E-state index in [0.717, 1.165) is 0 Å². The third-order valence-corrected chi connectivity index (χ3v) is 2.70. The van der Waals surface area contributed by atoms with E-state index in [2.05, 4.69) is 10.3 Å². The lowest BCUT2D eigenvalue weighted by Gasteiger charge is -2.25. The average molecular weight is 298 g/mol. The lowest BCUT2D eigenvalue weighted by molar-refractivity contribution is -0.123. The van der Waals surface area contributed by atoms with Crippen molar-refractivity contribution in [2.24, 2.45) is 0 Å². The average Bonchev–Trinajstić information content (AvgIpc) is 2.33. The highest BCUT2D eigenvalue weighted by atomic mass is 35.5. The maximum absolute atomic E-state index is 12.3. The van der Waals surface area contributed by atoms with Gasteiger partial charge in [0.1, 0.15) is 5.15 Å². The zero-order valence-corrected chi connectivity index (χ0v) is 13.0. The largest absolute Gasteiger partial charge is 0.350 e. The zero-order valence-electron chi connectivity index (χ0n) is 12.2. The predicted molar refractivity (Wildman–Crippen MR) is 78.7 cm³/mol. The van der Waals surface area contributed by atoms with Crippen molar-refractivity contribution < 1.29 is 9.59 Å². The van der Waals surface area contributed by atoms with Gasteiger partial charge < -0.3 is 10.2 Å². The number of aromatic nitrogens is 1. The second kappa shape index (κ2) is 6.70. The van der Waals surface area contributed by atoms with Crippen LogP contribution in [0.3, 0.4) is 0 Å². The molecular formula is C14H20ClN3O2. The van der Waals surface area contributed by atoms with Crippen LogP contribution >= 0.6 is 11.6 Å². The summed E-state index contributed by atoms with van der Waals surface area (Å²) in [6.45, 7) is 7.97. The SMILES string of the molecule is CCN(CC(=O)NC(C)(C)C)C(=O)c1ccnc(Cl)c1. The highest BCUT2D eigenvalue weighted by Gasteiger charge is 2.20. The van der Waals surface area contributed by atoms with Gasteiger partial charge in [0.25, 0.3) is 5.91 Å². The first-order valence-electron chi connectivity index (χ1n) is 6.45. The number of halogens is 1. The number of hydrogen-bond acceptors (Lipinski definition) is 3. The molecule has 0 atom stereocenters. The number of hydrogen-bond donors (Lipinski definition) is 1. The summed E-state index contributed by atoms with van der Waals surface area (Å²) in [5, 5.41) is 3.09. The van der Waals surface area contributed by atoms with E-state index in [1.165, 1.54) is 17.2 Å². The number of carbonyl (C=O) groups is 2. The Morgan fingerprint density at radius 2 is 2.05 bits per heavy atom. The number of likely N-dealkylation sites (N-methyl/N-ethyl adjacent to an activating group) is 1. The van der Waals surface area contributed by atoms with Gasteiger partial charge in [0.2, 0.25) is 5.91 Å². The van der Waals surface area contributed by atoms with Gasteiger partial charge >= 0.3 is 0 Å². The highest BCUT2D eigenvalue weighted by Crippen LogP contribution is 2.10. The fourth-order valence-electron chi connectivity index (χ4n) is 1.68. The first-order valence-corrected chi connectivity index (χ1v) is 6.82. The van der Waals surface area contributed by atoms with E-state index in [0.29, 0.717) is 12.1 Å². The lowest BCUT2D eigenvalue weighted by atomic mass is 10.1. The van der Waals surface area contributed by atoms with Crippen molar-refractivity contribution in [2.45, 2.75) is 33.2 Å². The van der Waals surface area contributed by atoms with Gasteiger partial charge in [-0.3, -0.25) is 9.59 Å². The molecule has 0 saturated carbocycles. The van der Waals surface area contributed by atoms with Crippen molar-refractivity contribution in [2.75, 3.05) is 13.1 Å². The maximum atomic E-state index is 12.3. The molecule has 20 heavy (non-hydrogen) atoms. The van der Waals surface area contributed by atoms with Crippen LogP contribution in [0.2, 0.25) is 5.15 Å². The zero-order chi connectivity index (χ0) is 15.3. The standard InChI is InChI=1S/C14H20ClN3O2/c1-5-18(9-12(19)17-14(2,3)4)13(20)10-6-7-16-11(15)8-10/h6-8H,5,9H2,1-4H3,(H,17,19). The molecule has 0 unspecified atom stereocenters. The van der Waals surface area contributed by atoms with E-state index in [1.54, 1.807) is 6.07 Å². The Bertz CT molecular complexity index is 497. The fraction of sp³-hybridized carbons (Fsp3) is 0.500. The second-order valence-electron chi connectivity index (χ2n) is 5.48. The third kappa shape index (κ3) is 5.17. The molecule has 0 radical (unpaired) electrons. The van der Waals surface area contributed by atoms with Gasteiger partial charge in [-0.05, 0) is 39.8 Å². The topological polar surface area (TPSA) is 62.3 Å². The Hall–Kier alpha value is -1.62. The summed E-state index contributed by atoms with van der Waals surface area (Å²) in [6.07, 6.45) is 1.47. The molecule has 0 aliphatic carbocycles. The van der Waals surface area contributed by atoms with Crippen LogP contribution in [0.15, 0.2) is 18.3 Å². The van der Waals surface area contributed by atoms with Crippen LogP contribution in [-0.4, -0.2) is 40.3 Å². The van der Waals surface area contributed by atoms with Gasteiger partial charge in [-0.1, -0.05) is 11.6 Å². The van der Waals surface area contributed by atoms with E-state index in [-0.39, 0.29) is 29.1 Å². The van der Waals surface area contributed by atoms with Crippen molar-refractivity contribution in [1.82, 2.24) is 15.2 Å². The first kappa shape index (κ1) is 16.4. The van der Waals surface area contributed by atoms with E-state index in [1.807, 2.05) is 27.7 Å². The van der Waals surface area contributed by atoms with Crippen LogP contribution in [-0.2, 0) is 4.79 Å². The summed E-state index contributed by atoms with van der Waals surface area (Å²) in [5.41, 5.74) is 0.106. The second-order valence-corrected chi connectivity index (χ2v) is 5.87. The van der Waals surface area contributed by atoms with Crippen LogP contribution < -0.4 is 5.32 Å². The molecule has 0 bridgehead atoms. The summed E-state index contributed by atoms with van der Waals surface area (Å²) in [7, 11) is 0. The minimum atomic E-state index is -0.320. The van der Waals surface area contributed by atoms with Crippen molar-refractivity contribution >= 4 is 23.4 Å². The van der Waals surface area contributed by atoms with Crippen molar-refractivity contribution in [3.63, 3.8) is 0 Å². The molecule has 1 N–H and O–H groups in total. The van der Waals surface area contributed by atoms with Gasteiger partial charge in [0, 0.05) is 23.8 Å². The summed E-state index contributed by atoms with van der Waals surface area (Å²) < 4.78 is 0. The minimum Gasteiger partial charge on any atom is -0.350 e. The molecule has 1 aromatic heterocycles. The smallest absolute Gasteiger partial charge is 0.254 e. The molecule has 110 valence electrons. The molecule has 1 rings (SSSR count). The van der Waals surface area contributed by atoms with Gasteiger partial charge in [0.05, 0.1) is 6.54 Å². The van der Waals surface area contributed by atoms with E-state index in [4.69, 9.17) is 11.6 Å². The molecule has 0 fully saturated rings. The quantitative estimate of drug-likeness (QED) is 0.866. The van der Waals surface area contributed by atoms with Crippen molar-refractivity contribution in [3.05, 3.63) is 29.0 Å². The highest BCUT2D eigenvalue weighted by molar-refractivity contribution is 6.29. The summed E-state index contributed by atoms with van der Waals surface area (Å²) in [5.74, 6) is -0.422. The first-order chi connectivity index (χ1) is 9.23. The molecule has 0 aromatic carbocycles. The number of pyridine rings is 1. The van der Waals surface area contributed by atoms with Gasteiger partial charge in [-0.25, -0.2) is 4.98 Å². The minimum absolute atomic E-state index is 0.0204. The van der Waals surface area contributed by atoms with Gasteiger partial charge in [0.15, 0.2) is 0 Å². The number of nitrogens with one attached hydrogen (secondary N) is 1. The van der Waals surface area contributed by atoms with E-state index in [9.17, 15) is 9.59 Å². The number of carbonyl (C=O) groups excluding carboxylic acids is 2. The van der Waals surface area contributed by atoms with Crippen molar-refractivity contribution in [3.8, 4) is 0 Å². The molecule has 0 aliphatic rings. The Morgan fingerprint density at radius 1 is 1.40 bits per heavy atom. The Labute approximate surface area is 124 Å². The molecule has 6 heteroatoms. The molecular weight excluding hydrogens is 278 g/mol. The van der Waals surface area contributed by atoms with E-state index >= 15 is 0 Å². The molecule has 0 aliphatic heterocycles. The van der Waals surface area contributed by atoms with Crippen LogP contribution in [0.4, 0.5) is 0 Å². The van der Waals surface area contributed by atoms with Gasteiger partial charge in [-0.2, -0.15) is 0 Å².